The number of hydrogen-bond acceptors (Lipinski definition) is 4. The van der Waals surface area contributed by atoms with Crippen molar-refractivity contribution >= 4 is 34.4 Å². The van der Waals surface area contributed by atoms with E-state index >= 15 is 0 Å². The van der Waals surface area contributed by atoms with Gasteiger partial charge in [-0.05, 0) is 36.4 Å². The van der Waals surface area contributed by atoms with E-state index in [0.717, 1.165) is 27.2 Å². The van der Waals surface area contributed by atoms with E-state index in [2.05, 4.69) is 15.8 Å². The molecule has 0 saturated carbocycles. The first-order valence-corrected chi connectivity index (χ1v) is 8.77. The molecule has 0 unspecified atom stereocenters. The molecule has 126 valence electrons. The highest BCUT2D eigenvalue weighted by Crippen LogP contribution is 2.32. The molecular formula is C18H15FN4OS. The molecule has 2 N–H and O–H groups in total. The zero-order valence-corrected chi connectivity index (χ0v) is 14.0. The molecule has 4 rings (SSSR count). The Morgan fingerprint density at radius 2 is 2.16 bits per heavy atom. The van der Waals surface area contributed by atoms with Gasteiger partial charge in [0.05, 0.1) is 23.1 Å². The minimum absolute atomic E-state index is 0.144. The quantitative estimate of drug-likeness (QED) is 0.708. The molecular weight excluding hydrogens is 339 g/mol. The van der Waals surface area contributed by atoms with Crippen LogP contribution < -0.4 is 10.9 Å². The van der Waals surface area contributed by atoms with Crippen LogP contribution in [0.3, 0.4) is 0 Å². The van der Waals surface area contributed by atoms with Gasteiger partial charge in [-0.25, -0.2) is 9.37 Å². The Kier molecular flexibility index (Phi) is 4.15. The van der Waals surface area contributed by atoms with Gasteiger partial charge in [-0.1, -0.05) is 12.1 Å². The Bertz CT molecular complexity index is 982. The minimum Gasteiger partial charge on any atom is -0.321 e. The van der Waals surface area contributed by atoms with Crippen molar-refractivity contribution in [2.45, 2.75) is 11.4 Å². The van der Waals surface area contributed by atoms with Crippen molar-refractivity contribution in [3.8, 4) is 0 Å². The van der Waals surface area contributed by atoms with Gasteiger partial charge in [0, 0.05) is 16.2 Å². The Labute approximate surface area is 147 Å². The van der Waals surface area contributed by atoms with Crippen LogP contribution in [0.1, 0.15) is 5.56 Å². The predicted molar refractivity (Wildman–Crippen MR) is 96.1 cm³/mol. The highest BCUT2D eigenvalue weighted by Gasteiger charge is 2.15. The number of benzene rings is 2. The minimum atomic E-state index is -0.301. The molecule has 1 aliphatic heterocycles. The van der Waals surface area contributed by atoms with E-state index in [1.54, 1.807) is 28.7 Å². The maximum atomic E-state index is 13.5. The number of aromatic nitrogens is 2. The summed E-state index contributed by atoms with van der Waals surface area (Å²) < 4.78 is 15.3. The van der Waals surface area contributed by atoms with Gasteiger partial charge >= 0.3 is 0 Å². The Morgan fingerprint density at radius 1 is 1.28 bits per heavy atom. The molecule has 7 heteroatoms. The number of carbonyl (C=O) groups is 1. The molecule has 1 aliphatic rings. The summed E-state index contributed by atoms with van der Waals surface area (Å²) in [7, 11) is 0. The van der Waals surface area contributed by atoms with E-state index in [-0.39, 0.29) is 18.3 Å². The summed E-state index contributed by atoms with van der Waals surface area (Å²) in [5.41, 5.74) is 8.80. The highest BCUT2D eigenvalue weighted by atomic mass is 32.2. The zero-order valence-electron chi connectivity index (χ0n) is 13.2. The van der Waals surface area contributed by atoms with Gasteiger partial charge < -0.3 is 4.57 Å². The maximum absolute atomic E-state index is 13.5. The molecule has 1 aromatic heterocycles. The Hall–Kier alpha value is -2.80. The second-order valence-electron chi connectivity index (χ2n) is 5.60. The summed E-state index contributed by atoms with van der Waals surface area (Å²) in [5, 5.41) is 0. The molecule has 0 spiro atoms. The van der Waals surface area contributed by atoms with E-state index in [1.165, 1.54) is 12.1 Å². The van der Waals surface area contributed by atoms with E-state index < -0.39 is 0 Å². The number of rotatable bonds is 4. The molecule has 0 atom stereocenters. The first kappa shape index (κ1) is 15.7. The van der Waals surface area contributed by atoms with Crippen LogP contribution in [-0.4, -0.2) is 21.2 Å². The number of hydrazine groups is 1. The summed E-state index contributed by atoms with van der Waals surface area (Å²) >= 11 is 1.63. The largest absolute Gasteiger partial charge is 0.321 e. The Morgan fingerprint density at radius 3 is 3.08 bits per heavy atom. The Balaban J connectivity index is 1.44. The number of fused-ring (bicyclic) bond motifs is 2. The molecule has 3 aromatic rings. The van der Waals surface area contributed by atoms with Gasteiger partial charge in [-0.15, -0.1) is 11.8 Å². The van der Waals surface area contributed by atoms with E-state index in [4.69, 9.17) is 0 Å². The number of thioether (sulfide) groups is 1. The fraction of sp³-hybridized carbons (Fsp3) is 0.111. The molecule has 0 bridgehead atoms. The number of halogens is 1. The summed E-state index contributed by atoms with van der Waals surface area (Å²) in [5.74, 6) is 0.258. The standard InChI is InChI=1S/C18H15FN4OS/c19-12-5-6-17-13(9-12)14(7-8-25-17)21-22-18(24)10-23-11-20-15-3-1-2-4-16(15)23/h1-7,9,11,21H,8,10H2,(H,22,24). The summed E-state index contributed by atoms with van der Waals surface area (Å²) in [4.78, 5) is 17.5. The molecule has 2 aromatic carbocycles. The lowest BCUT2D eigenvalue weighted by Gasteiger charge is -2.19. The summed E-state index contributed by atoms with van der Waals surface area (Å²) in [6.07, 6.45) is 3.57. The SMILES string of the molecule is O=C(Cn1cnc2ccccc21)NNC1=CCSc2ccc(F)cc21. The van der Waals surface area contributed by atoms with Crippen LogP contribution in [0, 0.1) is 5.82 Å². The van der Waals surface area contributed by atoms with Crippen LogP contribution in [-0.2, 0) is 11.3 Å². The van der Waals surface area contributed by atoms with Crippen molar-refractivity contribution < 1.29 is 9.18 Å². The number of amides is 1. The van der Waals surface area contributed by atoms with Crippen LogP contribution in [0.15, 0.2) is 59.8 Å². The third-order valence-corrected chi connectivity index (χ3v) is 4.94. The normalized spacial score (nSPS) is 13.2. The monoisotopic (exact) mass is 354 g/mol. The van der Waals surface area contributed by atoms with E-state index in [1.807, 2.05) is 30.3 Å². The molecule has 1 amide bonds. The molecule has 0 radical (unpaired) electrons. The molecule has 2 heterocycles. The topological polar surface area (TPSA) is 59.0 Å². The smallest absolute Gasteiger partial charge is 0.258 e. The number of imidazole rings is 1. The number of carbonyl (C=O) groups excluding carboxylic acids is 1. The first-order chi connectivity index (χ1) is 12.2. The van der Waals surface area contributed by atoms with Crippen LogP contribution in [0.2, 0.25) is 0 Å². The number of hydrogen-bond donors (Lipinski definition) is 2. The van der Waals surface area contributed by atoms with Crippen molar-refractivity contribution in [1.29, 1.82) is 0 Å². The maximum Gasteiger partial charge on any atom is 0.258 e. The molecule has 0 saturated heterocycles. The van der Waals surface area contributed by atoms with Gasteiger partial charge in [-0.3, -0.25) is 15.6 Å². The zero-order chi connectivity index (χ0) is 17.2. The summed E-state index contributed by atoms with van der Waals surface area (Å²) in [6, 6.07) is 12.3. The van der Waals surface area contributed by atoms with Gasteiger partial charge in [0.15, 0.2) is 0 Å². The van der Waals surface area contributed by atoms with Gasteiger partial charge in [-0.2, -0.15) is 0 Å². The second-order valence-corrected chi connectivity index (χ2v) is 6.67. The van der Waals surface area contributed by atoms with Crippen molar-refractivity contribution in [1.82, 2.24) is 20.4 Å². The van der Waals surface area contributed by atoms with Crippen molar-refractivity contribution in [2.75, 3.05) is 5.75 Å². The predicted octanol–water partition coefficient (Wildman–Crippen LogP) is 2.94. The van der Waals surface area contributed by atoms with Gasteiger partial charge in [0.2, 0.25) is 0 Å². The number of para-hydroxylation sites is 2. The molecule has 0 fully saturated rings. The second kappa shape index (κ2) is 6.60. The lowest BCUT2D eigenvalue weighted by Crippen LogP contribution is -2.38. The number of nitrogens with zero attached hydrogens (tertiary/aromatic N) is 2. The van der Waals surface area contributed by atoms with Crippen molar-refractivity contribution in [2.24, 2.45) is 0 Å². The van der Waals surface area contributed by atoms with Crippen LogP contribution in [0.5, 0.6) is 0 Å². The average Bonchev–Trinajstić information content (AvgIpc) is 3.03. The summed E-state index contributed by atoms with van der Waals surface area (Å²) in [6.45, 7) is 0.144. The fourth-order valence-corrected chi connectivity index (χ4v) is 3.67. The van der Waals surface area contributed by atoms with E-state index in [9.17, 15) is 9.18 Å². The third-order valence-electron chi connectivity index (χ3n) is 3.94. The molecule has 5 nitrogen and oxygen atoms in total. The van der Waals surface area contributed by atoms with Gasteiger partial charge in [0.1, 0.15) is 12.4 Å². The van der Waals surface area contributed by atoms with E-state index in [0.29, 0.717) is 5.70 Å². The first-order valence-electron chi connectivity index (χ1n) is 7.78. The van der Waals surface area contributed by atoms with Crippen LogP contribution >= 0.6 is 11.8 Å². The molecule has 0 aliphatic carbocycles. The van der Waals surface area contributed by atoms with Crippen molar-refractivity contribution in [3.05, 3.63) is 66.2 Å². The lowest BCUT2D eigenvalue weighted by molar-refractivity contribution is -0.122. The van der Waals surface area contributed by atoms with Crippen LogP contribution in [0.4, 0.5) is 4.39 Å². The van der Waals surface area contributed by atoms with Gasteiger partial charge in [0.25, 0.3) is 5.91 Å². The molecule has 25 heavy (non-hydrogen) atoms. The van der Waals surface area contributed by atoms with Crippen molar-refractivity contribution in [3.63, 3.8) is 0 Å². The lowest BCUT2D eigenvalue weighted by atomic mass is 10.1. The fourth-order valence-electron chi connectivity index (χ4n) is 2.75. The third kappa shape index (κ3) is 3.23. The van der Waals surface area contributed by atoms with Crippen LogP contribution in [0.25, 0.3) is 16.7 Å². The highest BCUT2D eigenvalue weighted by molar-refractivity contribution is 7.99. The number of nitrogens with one attached hydrogen (secondary N) is 2. The average molecular weight is 354 g/mol.